The molecule has 0 N–H and O–H groups in total. The van der Waals surface area contributed by atoms with E-state index in [-0.39, 0.29) is 0 Å². The maximum Gasteiger partial charge on any atom is 0.418 e. The Labute approximate surface area is 104 Å². The molecule has 18 heavy (non-hydrogen) atoms. The van der Waals surface area contributed by atoms with Gasteiger partial charge in [0.25, 0.3) is 0 Å². The van der Waals surface area contributed by atoms with Gasteiger partial charge in [-0.3, -0.25) is 9.88 Å². The first-order valence-electron chi connectivity index (χ1n) is 6.21. The van der Waals surface area contributed by atoms with Gasteiger partial charge in [-0.25, -0.2) is 0 Å². The minimum Gasteiger partial charge on any atom is -0.298 e. The molecule has 0 amide bonds. The van der Waals surface area contributed by atoms with Crippen LogP contribution in [0.25, 0.3) is 0 Å². The number of pyridine rings is 1. The smallest absolute Gasteiger partial charge is 0.298 e. The Hall–Kier alpha value is -1.10. The van der Waals surface area contributed by atoms with E-state index in [1.807, 2.05) is 0 Å². The van der Waals surface area contributed by atoms with E-state index >= 15 is 0 Å². The lowest BCUT2D eigenvalue weighted by molar-refractivity contribution is -0.139. The molecule has 2 heterocycles. The van der Waals surface area contributed by atoms with Crippen molar-refractivity contribution in [3.8, 4) is 0 Å². The third-order valence-corrected chi connectivity index (χ3v) is 4.14. The number of aromatic nitrogens is 1. The number of hydrogen-bond donors (Lipinski definition) is 0. The van der Waals surface area contributed by atoms with Gasteiger partial charge >= 0.3 is 6.18 Å². The topological polar surface area (TPSA) is 16.1 Å². The Morgan fingerprint density at radius 1 is 1.28 bits per heavy atom. The molecule has 2 aliphatic rings. The van der Waals surface area contributed by atoms with E-state index in [1.54, 1.807) is 0 Å². The highest BCUT2D eigenvalue weighted by Crippen LogP contribution is 2.48. The zero-order valence-electron chi connectivity index (χ0n) is 10.0. The van der Waals surface area contributed by atoms with Crippen LogP contribution in [0.3, 0.4) is 0 Å². The molecule has 1 aliphatic carbocycles. The first kappa shape index (κ1) is 12.0. The number of likely N-dealkylation sites (tertiary alicyclic amines) is 1. The van der Waals surface area contributed by atoms with Gasteiger partial charge < -0.3 is 0 Å². The predicted octanol–water partition coefficient (Wildman–Crippen LogP) is 3.09. The highest BCUT2D eigenvalue weighted by molar-refractivity contribution is 5.26. The van der Waals surface area contributed by atoms with Crippen molar-refractivity contribution in [3.05, 3.63) is 29.6 Å². The zero-order chi connectivity index (χ0) is 12.8. The Balaban J connectivity index is 1.70. The standard InChI is InChI=1S/C13H15F3N2/c14-13(15,16)11-6-17-5-2-10(11)7-18-8-12(9-18)3-1-4-12/h2,5-6H,1,3-4,7-9H2. The van der Waals surface area contributed by atoms with Crippen molar-refractivity contribution in [1.82, 2.24) is 9.88 Å². The van der Waals surface area contributed by atoms with Crippen LogP contribution in [0.2, 0.25) is 0 Å². The molecule has 1 saturated carbocycles. The van der Waals surface area contributed by atoms with Crippen LogP contribution in [-0.4, -0.2) is 23.0 Å². The SMILES string of the molecule is FC(F)(F)c1cnccc1CN1CC2(CCC2)C1. The fourth-order valence-corrected chi connectivity index (χ4v) is 3.06. The lowest BCUT2D eigenvalue weighted by Crippen LogP contribution is -2.59. The second kappa shape index (κ2) is 3.95. The maximum atomic E-state index is 12.8. The van der Waals surface area contributed by atoms with Gasteiger partial charge in [0.15, 0.2) is 0 Å². The van der Waals surface area contributed by atoms with E-state index < -0.39 is 11.7 Å². The average molecular weight is 256 g/mol. The molecule has 0 bridgehead atoms. The fraction of sp³-hybridized carbons (Fsp3) is 0.615. The van der Waals surface area contributed by atoms with Crippen LogP contribution >= 0.6 is 0 Å². The normalized spacial score (nSPS) is 22.6. The van der Waals surface area contributed by atoms with Crippen molar-refractivity contribution in [1.29, 1.82) is 0 Å². The van der Waals surface area contributed by atoms with Crippen molar-refractivity contribution >= 4 is 0 Å². The molecular weight excluding hydrogens is 241 g/mol. The summed E-state index contributed by atoms with van der Waals surface area (Å²) in [6.45, 7) is 2.29. The third-order valence-electron chi connectivity index (χ3n) is 4.14. The quantitative estimate of drug-likeness (QED) is 0.808. The van der Waals surface area contributed by atoms with Crippen molar-refractivity contribution in [2.24, 2.45) is 5.41 Å². The van der Waals surface area contributed by atoms with Gasteiger partial charge in [-0.2, -0.15) is 13.2 Å². The first-order valence-corrected chi connectivity index (χ1v) is 6.21. The Morgan fingerprint density at radius 2 is 2.00 bits per heavy atom. The number of halogens is 3. The van der Waals surface area contributed by atoms with Crippen molar-refractivity contribution in [3.63, 3.8) is 0 Å². The average Bonchev–Trinajstić information content (AvgIpc) is 2.19. The van der Waals surface area contributed by atoms with Crippen molar-refractivity contribution < 1.29 is 13.2 Å². The summed E-state index contributed by atoms with van der Waals surface area (Å²) in [6, 6.07) is 1.48. The lowest BCUT2D eigenvalue weighted by atomic mass is 9.63. The number of hydrogen-bond acceptors (Lipinski definition) is 2. The summed E-state index contributed by atoms with van der Waals surface area (Å²) in [5.74, 6) is 0. The summed E-state index contributed by atoms with van der Waals surface area (Å²) in [6.07, 6.45) is 1.81. The van der Waals surface area contributed by atoms with Crippen LogP contribution in [-0.2, 0) is 12.7 Å². The van der Waals surface area contributed by atoms with E-state index in [0.29, 0.717) is 17.5 Å². The molecule has 0 atom stereocenters. The van der Waals surface area contributed by atoms with Crippen LogP contribution < -0.4 is 0 Å². The number of alkyl halides is 3. The molecule has 1 aromatic rings. The summed E-state index contributed by atoms with van der Waals surface area (Å²) in [4.78, 5) is 5.68. The lowest BCUT2D eigenvalue weighted by Gasteiger charge is -2.56. The monoisotopic (exact) mass is 256 g/mol. The van der Waals surface area contributed by atoms with Gasteiger partial charge in [0, 0.05) is 32.0 Å². The van der Waals surface area contributed by atoms with E-state index in [9.17, 15) is 13.2 Å². The Kier molecular flexibility index (Phi) is 2.62. The van der Waals surface area contributed by atoms with Crippen molar-refractivity contribution in [2.45, 2.75) is 32.0 Å². The fourth-order valence-electron chi connectivity index (χ4n) is 3.06. The van der Waals surface area contributed by atoms with Crippen molar-refractivity contribution in [2.75, 3.05) is 13.1 Å². The summed E-state index contributed by atoms with van der Waals surface area (Å²) in [5, 5.41) is 0. The van der Waals surface area contributed by atoms with Crippen LogP contribution in [0, 0.1) is 5.41 Å². The van der Waals surface area contributed by atoms with Gasteiger partial charge in [-0.1, -0.05) is 6.42 Å². The Morgan fingerprint density at radius 3 is 2.56 bits per heavy atom. The third kappa shape index (κ3) is 2.00. The van der Waals surface area contributed by atoms with Gasteiger partial charge in [0.05, 0.1) is 5.56 Å². The second-order valence-corrected chi connectivity index (χ2v) is 5.53. The van der Waals surface area contributed by atoms with Crippen LogP contribution in [0.15, 0.2) is 18.5 Å². The summed E-state index contributed by atoms with van der Waals surface area (Å²) in [7, 11) is 0. The molecule has 0 aromatic carbocycles. The molecule has 2 nitrogen and oxygen atoms in total. The summed E-state index contributed by atoms with van der Waals surface area (Å²) < 4.78 is 38.4. The second-order valence-electron chi connectivity index (χ2n) is 5.53. The number of rotatable bonds is 2. The molecule has 1 saturated heterocycles. The zero-order valence-corrected chi connectivity index (χ0v) is 10.0. The maximum absolute atomic E-state index is 12.8. The molecule has 0 radical (unpaired) electrons. The van der Waals surface area contributed by atoms with Crippen LogP contribution in [0.5, 0.6) is 0 Å². The molecular formula is C13H15F3N2. The van der Waals surface area contributed by atoms with Gasteiger partial charge in [-0.05, 0) is 29.9 Å². The van der Waals surface area contributed by atoms with E-state index in [2.05, 4.69) is 9.88 Å². The molecule has 3 rings (SSSR count). The molecule has 98 valence electrons. The van der Waals surface area contributed by atoms with Gasteiger partial charge in [-0.15, -0.1) is 0 Å². The first-order chi connectivity index (χ1) is 8.49. The van der Waals surface area contributed by atoms with E-state index in [0.717, 1.165) is 19.3 Å². The minimum absolute atomic E-state index is 0.340. The molecule has 1 aromatic heterocycles. The minimum atomic E-state index is -4.30. The largest absolute Gasteiger partial charge is 0.418 e. The highest BCUT2D eigenvalue weighted by Gasteiger charge is 2.47. The molecule has 0 unspecified atom stereocenters. The van der Waals surface area contributed by atoms with E-state index in [4.69, 9.17) is 0 Å². The predicted molar refractivity (Wildman–Crippen MR) is 60.8 cm³/mol. The van der Waals surface area contributed by atoms with Crippen LogP contribution in [0.1, 0.15) is 30.4 Å². The Bertz CT molecular complexity index is 444. The number of nitrogens with zero attached hydrogens (tertiary/aromatic N) is 2. The molecule has 1 aliphatic heterocycles. The van der Waals surface area contributed by atoms with E-state index in [1.165, 1.54) is 31.5 Å². The molecule has 1 spiro atoms. The highest BCUT2D eigenvalue weighted by atomic mass is 19.4. The molecule has 5 heteroatoms. The van der Waals surface area contributed by atoms with Crippen LogP contribution in [0.4, 0.5) is 13.2 Å². The van der Waals surface area contributed by atoms with Gasteiger partial charge in [0.2, 0.25) is 0 Å². The van der Waals surface area contributed by atoms with Gasteiger partial charge in [0.1, 0.15) is 0 Å². The molecule has 2 fully saturated rings. The summed E-state index contributed by atoms with van der Waals surface area (Å²) in [5.41, 5.74) is 0.192. The summed E-state index contributed by atoms with van der Waals surface area (Å²) >= 11 is 0.